The molecule has 1 aliphatic heterocycles. The molecular formula is C63H121NO10. The van der Waals surface area contributed by atoms with Gasteiger partial charge in [0.15, 0.2) is 6.29 Å². The van der Waals surface area contributed by atoms with Gasteiger partial charge in [0.05, 0.1) is 25.4 Å². The van der Waals surface area contributed by atoms with Crippen molar-refractivity contribution in [1.82, 2.24) is 5.32 Å². The zero-order chi connectivity index (χ0) is 54.0. The van der Waals surface area contributed by atoms with Crippen LogP contribution in [0, 0.1) is 0 Å². The molecule has 74 heavy (non-hydrogen) atoms. The fourth-order valence-electron chi connectivity index (χ4n) is 10.3. The molecule has 1 amide bonds. The van der Waals surface area contributed by atoms with Gasteiger partial charge >= 0.3 is 0 Å². The van der Waals surface area contributed by atoms with E-state index in [0.29, 0.717) is 12.8 Å². The highest BCUT2D eigenvalue weighted by atomic mass is 16.7. The Hall–Kier alpha value is -1.41. The minimum atomic E-state index is -1.67. The quantitative estimate of drug-likeness (QED) is 0.0215. The van der Waals surface area contributed by atoms with Gasteiger partial charge in [-0.1, -0.05) is 263 Å². The van der Waals surface area contributed by atoms with Crippen LogP contribution in [0.15, 0.2) is 24.3 Å². The van der Waals surface area contributed by atoms with E-state index < -0.39 is 74.2 Å². The van der Waals surface area contributed by atoms with E-state index in [1.54, 1.807) is 0 Å². The second-order valence-corrected chi connectivity index (χ2v) is 22.5. The second kappa shape index (κ2) is 52.3. The average molecular weight is 1050 g/mol. The molecule has 0 aromatic rings. The number of rotatable bonds is 55. The fraction of sp³-hybridized carbons (Fsp3) is 0.921. The number of carbonyl (C=O) groups is 1. The predicted octanol–water partition coefficient (Wildman–Crippen LogP) is 14.1. The highest BCUT2D eigenvalue weighted by Crippen LogP contribution is 2.24. The molecule has 8 N–H and O–H groups in total. The van der Waals surface area contributed by atoms with Crippen LogP contribution in [-0.2, 0) is 14.3 Å². The first kappa shape index (κ1) is 70.6. The highest BCUT2D eigenvalue weighted by Gasteiger charge is 2.44. The second-order valence-electron chi connectivity index (χ2n) is 22.5. The maximum absolute atomic E-state index is 13.2. The Kier molecular flexibility index (Phi) is 49.9. The number of carbonyl (C=O) groups excluding carboxylic acids is 1. The Morgan fingerprint density at radius 2 is 0.797 bits per heavy atom. The van der Waals surface area contributed by atoms with Gasteiger partial charge in [0.2, 0.25) is 5.91 Å². The predicted molar refractivity (Wildman–Crippen MR) is 307 cm³/mol. The van der Waals surface area contributed by atoms with Crippen molar-refractivity contribution in [2.75, 3.05) is 13.2 Å². The van der Waals surface area contributed by atoms with Crippen LogP contribution in [0.5, 0.6) is 0 Å². The number of ether oxygens (including phenoxy) is 2. The standard InChI is InChI=1S/C63H121NO10/c1-3-5-7-9-11-13-15-17-18-19-20-21-22-23-24-25-26-27-28-29-30-31-32-33-34-35-36-37-39-41-43-45-47-49-51-56(67)62(72)64-54(53-73-63-61(71)60(70)59(69)57(52-65)74-63)58(68)55(66)50-48-46-44-42-40-38-16-14-12-10-8-6-4-2/h25-26,42,44,54-61,63,65-71H,3-24,27-41,43,45-53H2,1-2H3,(H,64,72)/b26-25-,44-42+. The van der Waals surface area contributed by atoms with E-state index >= 15 is 0 Å². The first-order valence-electron chi connectivity index (χ1n) is 31.7. The van der Waals surface area contributed by atoms with Gasteiger partial charge in [0, 0.05) is 0 Å². The van der Waals surface area contributed by atoms with Crippen LogP contribution >= 0.6 is 0 Å². The molecule has 1 heterocycles. The molecule has 11 heteroatoms. The highest BCUT2D eigenvalue weighted by molar-refractivity contribution is 5.80. The van der Waals surface area contributed by atoms with Crippen LogP contribution < -0.4 is 5.32 Å². The fourth-order valence-corrected chi connectivity index (χ4v) is 10.3. The Bertz CT molecular complexity index is 1250. The lowest BCUT2D eigenvalue weighted by Crippen LogP contribution is -2.60. The number of hydrogen-bond acceptors (Lipinski definition) is 10. The molecule has 0 bridgehead atoms. The lowest BCUT2D eigenvalue weighted by molar-refractivity contribution is -0.303. The Morgan fingerprint density at radius 1 is 0.459 bits per heavy atom. The molecule has 9 unspecified atom stereocenters. The third-order valence-corrected chi connectivity index (χ3v) is 15.5. The molecule has 0 spiro atoms. The summed E-state index contributed by atoms with van der Waals surface area (Å²) in [5.41, 5.74) is 0. The summed E-state index contributed by atoms with van der Waals surface area (Å²) in [5.74, 6) is -0.703. The Morgan fingerprint density at radius 3 is 1.16 bits per heavy atom. The summed E-state index contributed by atoms with van der Waals surface area (Å²) < 4.78 is 11.1. The molecule has 11 nitrogen and oxygen atoms in total. The zero-order valence-electron chi connectivity index (χ0n) is 48.1. The lowest BCUT2D eigenvalue weighted by Gasteiger charge is -2.40. The molecule has 438 valence electrons. The van der Waals surface area contributed by atoms with Gasteiger partial charge in [-0.25, -0.2) is 0 Å². The molecule has 9 atom stereocenters. The van der Waals surface area contributed by atoms with Crippen molar-refractivity contribution >= 4 is 5.91 Å². The summed E-state index contributed by atoms with van der Waals surface area (Å²) in [6, 6.07) is -1.18. The van der Waals surface area contributed by atoms with E-state index in [-0.39, 0.29) is 12.8 Å². The first-order chi connectivity index (χ1) is 36.2. The smallest absolute Gasteiger partial charge is 0.249 e. The molecule has 1 aliphatic rings. The summed E-state index contributed by atoms with van der Waals surface area (Å²) in [6.07, 6.45) is 52.7. The minimum Gasteiger partial charge on any atom is -0.394 e. The Labute approximate surface area is 454 Å². The lowest BCUT2D eigenvalue weighted by atomic mass is 9.98. The van der Waals surface area contributed by atoms with Crippen LogP contribution in [0.1, 0.15) is 303 Å². The van der Waals surface area contributed by atoms with Crippen molar-refractivity contribution in [2.45, 2.75) is 358 Å². The minimum absolute atomic E-state index is 0.257. The van der Waals surface area contributed by atoms with E-state index in [1.807, 2.05) is 0 Å². The number of hydrogen-bond donors (Lipinski definition) is 8. The zero-order valence-corrected chi connectivity index (χ0v) is 48.1. The molecule has 1 fully saturated rings. The molecule has 0 aliphatic carbocycles. The summed E-state index contributed by atoms with van der Waals surface area (Å²) in [5, 5.41) is 76.0. The summed E-state index contributed by atoms with van der Waals surface area (Å²) in [7, 11) is 0. The van der Waals surface area contributed by atoms with E-state index in [0.717, 1.165) is 38.5 Å². The van der Waals surface area contributed by atoms with Crippen LogP contribution in [0.25, 0.3) is 0 Å². The van der Waals surface area contributed by atoms with Crippen LogP contribution in [0.3, 0.4) is 0 Å². The third kappa shape index (κ3) is 39.9. The topological polar surface area (TPSA) is 189 Å². The van der Waals surface area contributed by atoms with Crippen LogP contribution in [-0.4, -0.2) is 110 Å². The van der Waals surface area contributed by atoms with Crippen molar-refractivity contribution in [3.63, 3.8) is 0 Å². The van der Waals surface area contributed by atoms with E-state index in [9.17, 15) is 40.5 Å². The van der Waals surface area contributed by atoms with E-state index in [4.69, 9.17) is 9.47 Å². The first-order valence-corrected chi connectivity index (χ1v) is 31.7. The monoisotopic (exact) mass is 1050 g/mol. The number of aliphatic hydroxyl groups is 7. The largest absolute Gasteiger partial charge is 0.394 e. The van der Waals surface area contributed by atoms with Crippen molar-refractivity contribution in [3.05, 3.63) is 24.3 Å². The third-order valence-electron chi connectivity index (χ3n) is 15.5. The maximum atomic E-state index is 13.2. The number of unbranched alkanes of at least 4 members (excludes halogenated alkanes) is 39. The Balaban J connectivity index is 2.16. The van der Waals surface area contributed by atoms with Gasteiger partial charge < -0.3 is 50.5 Å². The molecular weight excluding hydrogens is 931 g/mol. The molecule has 0 aromatic heterocycles. The van der Waals surface area contributed by atoms with E-state index in [1.165, 1.54) is 225 Å². The molecule has 0 radical (unpaired) electrons. The van der Waals surface area contributed by atoms with Gasteiger partial charge in [-0.15, -0.1) is 0 Å². The molecule has 1 saturated heterocycles. The van der Waals surface area contributed by atoms with Crippen LogP contribution in [0.4, 0.5) is 0 Å². The van der Waals surface area contributed by atoms with Gasteiger partial charge in [-0.3, -0.25) is 4.79 Å². The molecule has 0 saturated carbocycles. The number of nitrogens with one attached hydrogen (secondary N) is 1. The maximum Gasteiger partial charge on any atom is 0.249 e. The number of allylic oxidation sites excluding steroid dienone is 4. The summed E-state index contributed by atoms with van der Waals surface area (Å²) in [6.45, 7) is 3.46. The normalized spacial score (nSPS) is 19.9. The number of aliphatic hydroxyl groups excluding tert-OH is 7. The van der Waals surface area contributed by atoms with Crippen LogP contribution in [0.2, 0.25) is 0 Å². The van der Waals surface area contributed by atoms with Crippen molar-refractivity contribution in [2.24, 2.45) is 0 Å². The van der Waals surface area contributed by atoms with Crippen molar-refractivity contribution < 1.29 is 50.0 Å². The SMILES string of the molecule is CCCCCCCCCC/C=C/CCCC(O)C(O)C(COC1OC(CO)C(O)C(O)C1O)NC(=O)C(O)CCCCCCCCCCCCCCCCCC/C=C\CCCCCCCCCCCCCCCC. The van der Waals surface area contributed by atoms with Gasteiger partial charge in [0.25, 0.3) is 0 Å². The van der Waals surface area contributed by atoms with Crippen molar-refractivity contribution in [1.29, 1.82) is 0 Å². The van der Waals surface area contributed by atoms with E-state index in [2.05, 4.69) is 43.5 Å². The van der Waals surface area contributed by atoms with Gasteiger partial charge in [-0.2, -0.15) is 0 Å². The summed E-state index contributed by atoms with van der Waals surface area (Å²) >= 11 is 0. The average Bonchev–Trinajstić information content (AvgIpc) is 3.40. The van der Waals surface area contributed by atoms with Gasteiger partial charge in [0.1, 0.15) is 36.6 Å². The molecule has 0 aromatic carbocycles. The molecule has 1 rings (SSSR count). The number of amides is 1. The van der Waals surface area contributed by atoms with Gasteiger partial charge in [-0.05, 0) is 64.2 Å². The van der Waals surface area contributed by atoms with Crippen molar-refractivity contribution in [3.8, 4) is 0 Å². The summed E-state index contributed by atoms with van der Waals surface area (Å²) in [4.78, 5) is 13.2.